The van der Waals surface area contributed by atoms with Gasteiger partial charge in [0.1, 0.15) is 0 Å². The van der Waals surface area contributed by atoms with Gasteiger partial charge in [-0.25, -0.2) is 4.98 Å². The van der Waals surface area contributed by atoms with Crippen LogP contribution in [0.25, 0.3) is 0 Å². The molecule has 0 spiro atoms. The second-order valence-electron chi connectivity index (χ2n) is 5.19. The van der Waals surface area contributed by atoms with Gasteiger partial charge in [0, 0.05) is 31.5 Å². The summed E-state index contributed by atoms with van der Waals surface area (Å²) in [5.74, 6) is 1.85. The van der Waals surface area contributed by atoms with Crippen LogP contribution in [-0.2, 0) is 0 Å². The van der Waals surface area contributed by atoms with Gasteiger partial charge in [0.2, 0.25) is 5.95 Å². The number of imidazole rings is 1. The monoisotopic (exact) mass is 220 g/mol. The summed E-state index contributed by atoms with van der Waals surface area (Å²) in [6, 6.07) is 0.719. The molecule has 1 saturated carbocycles. The number of hydrogen-bond acceptors (Lipinski definition) is 3. The van der Waals surface area contributed by atoms with E-state index in [0.29, 0.717) is 0 Å². The Hall–Kier alpha value is -1.03. The third kappa shape index (κ3) is 2.07. The van der Waals surface area contributed by atoms with Crippen molar-refractivity contribution >= 4 is 5.95 Å². The molecule has 1 saturated heterocycles. The summed E-state index contributed by atoms with van der Waals surface area (Å²) < 4.78 is 2.29. The van der Waals surface area contributed by atoms with Crippen LogP contribution in [0.2, 0.25) is 0 Å². The first-order chi connectivity index (χ1) is 7.83. The molecule has 0 radical (unpaired) electrons. The average molecular weight is 220 g/mol. The lowest BCUT2D eigenvalue weighted by Gasteiger charge is -2.13. The highest BCUT2D eigenvalue weighted by atomic mass is 15.2. The highest BCUT2D eigenvalue weighted by Crippen LogP contribution is 2.36. The van der Waals surface area contributed by atoms with Crippen LogP contribution < -0.4 is 5.32 Å². The number of likely N-dealkylation sites (tertiary alicyclic amines) is 1. The van der Waals surface area contributed by atoms with E-state index in [9.17, 15) is 0 Å². The van der Waals surface area contributed by atoms with Crippen LogP contribution in [0.15, 0.2) is 12.4 Å². The molecular formula is C12H20N4. The van der Waals surface area contributed by atoms with Crippen molar-refractivity contribution in [3.8, 4) is 0 Å². The lowest BCUT2D eigenvalue weighted by Crippen LogP contribution is -2.20. The molecule has 2 heterocycles. The van der Waals surface area contributed by atoms with Crippen molar-refractivity contribution in [1.82, 2.24) is 14.5 Å². The fourth-order valence-corrected chi connectivity index (χ4v) is 2.53. The van der Waals surface area contributed by atoms with E-state index in [1.54, 1.807) is 0 Å². The van der Waals surface area contributed by atoms with Gasteiger partial charge in [-0.05, 0) is 38.8 Å². The van der Waals surface area contributed by atoms with Gasteiger partial charge in [-0.15, -0.1) is 0 Å². The van der Waals surface area contributed by atoms with E-state index >= 15 is 0 Å². The summed E-state index contributed by atoms with van der Waals surface area (Å²) in [6.07, 6.45) is 7.95. The van der Waals surface area contributed by atoms with E-state index in [0.717, 1.165) is 24.5 Å². The molecule has 1 N–H and O–H groups in total. The van der Waals surface area contributed by atoms with E-state index in [-0.39, 0.29) is 0 Å². The highest BCUT2D eigenvalue weighted by Gasteiger charge is 2.26. The van der Waals surface area contributed by atoms with Gasteiger partial charge >= 0.3 is 0 Å². The third-order valence-corrected chi connectivity index (χ3v) is 3.65. The summed E-state index contributed by atoms with van der Waals surface area (Å²) in [6.45, 7) is 3.52. The highest BCUT2D eigenvalue weighted by molar-refractivity contribution is 5.27. The normalized spacial score (nSPS) is 26.2. The number of nitrogens with one attached hydrogen (secondary N) is 1. The van der Waals surface area contributed by atoms with Crippen LogP contribution >= 0.6 is 0 Å². The Balaban J connectivity index is 1.55. The number of hydrogen-bond donors (Lipinski definition) is 1. The first-order valence-electron chi connectivity index (χ1n) is 6.28. The molecule has 4 nitrogen and oxygen atoms in total. The van der Waals surface area contributed by atoms with Crippen molar-refractivity contribution in [3.05, 3.63) is 12.4 Å². The predicted molar refractivity (Wildman–Crippen MR) is 64.6 cm³/mol. The molecule has 2 fully saturated rings. The van der Waals surface area contributed by atoms with Crippen molar-refractivity contribution < 1.29 is 0 Å². The molecule has 0 bridgehead atoms. The van der Waals surface area contributed by atoms with Crippen molar-refractivity contribution in [2.75, 3.05) is 32.0 Å². The van der Waals surface area contributed by atoms with Crippen LogP contribution in [-0.4, -0.2) is 41.1 Å². The standard InChI is InChI=1S/C12H20N4/c1-15-6-4-10(9-15)8-14-12-13-5-7-16(12)11-2-3-11/h5,7,10-11H,2-4,6,8-9H2,1H3,(H,13,14). The Kier molecular flexibility index (Phi) is 2.59. The summed E-state index contributed by atoms with van der Waals surface area (Å²) in [4.78, 5) is 6.80. The van der Waals surface area contributed by atoms with Crippen LogP contribution in [0.4, 0.5) is 5.95 Å². The zero-order chi connectivity index (χ0) is 11.0. The summed E-state index contributed by atoms with van der Waals surface area (Å²) in [7, 11) is 2.20. The zero-order valence-electron chi connectivity index (χ0n) is 9.89. The third-order valence-electron chi connectivity index (χ3n) is 3.65. The largest absolute Gasteiger partial charge is 0.355 e. The number of rotatable bonds is 4. The first kappa shape index (κ1) is 10.1. The molecule has 2 aliphatic rings. The van der Waals surface area contributed by atoms with E-state index in [1.165, 1.54) is 32.4 Å². The van der Waals surface area contributed by atoms with Gasteiger partial charge in [0.05, 0.1) is 0 Å². The van der Waals surface area contributed by atoms with E-state index < -0.39 is 0 Å². The number of anilines is 1. The molecular weight excluding hydrogens is 200 g/mol. The first-order valence-corrected chi connectivity index (χ1v) is 6.28. The molecule has 4 heteroatoms. The van der Waals surface area contributed by atoms with Crippen LogP contribution in [0.5, 0.6) is 0 Å². The van der Waals surface area contributed by atoms with Crippen molar-refractivity contribution in [2.45, 2.75) is 25.3 Å². The smallest absolute Gasteiger partial charge is 0.203 e. The van der Waals surface area contributed by atoms with Gasteiger partial charge in [0.15, 0.2) is 0 Å². The maximum absolute atomic E-state index is 4.40. The van der Waals surface area contributed by atoms with Crippen molar-refractivity contribution in [2.24, 2.45) is 5.92 Å². The summed E-state index contributed by atoms with van der Waals surface area (Å²) in [5.41, 5.74) is 0. The topological polar surface area (TPSA) is 33.1 Å². The van der Waals surface area contributed by atoms with Crippen LogP contribution in [0.3, 0.4) is 0 Å². The Morgan fingerprint density at radius 1 is 1.44 bits per heavy atom. The average Bonchev–Trinajstić information content (AvgIpc) is 2.86. The predicted octanol–water partition coefficient (Wildman–Crippen LogP) is 1.58. The molecule has 1 unspecified atom stereocenters. The lowest BCUT2D eigenvalue weighted by atomic mass is 10.1. The zero-order valence-corrected chi connectivity index (χ0v) is 9.89. The number of aromatic nitrogens is 2. The molecule has 88 valence electrons. The second-order valence-corrected chi connectivity index (χ2v) is 5.19. The van der Waals surface area contributed by atoms with Gasteiger partial charge in [-0.1, -0.05) is 0 Å². The SMILES string of the molecule is CN1CCC(CNc2nccn2C2CC2)C1. The summed E-state index contributed by atoms with van der Waals surface area (Å²) >= 11 is 0. The number of nitrogens with zero attached hydrogens (tertiary/aromatic N) is 3. The molecule has 1 aliphatic carbocycles. The molecule has 1 aromatic rings. The van der Waals surface area contributed by atoms with Gasteiger partial charge in [0.25, 0.3) is 0 Å². The fourth-order valence-electron chi connectivity index (χ4n) is 2.53. The van der Waals surface area contributed by atoms with Crippen molar-refractivity contribution in [1.29, 1.82) is 0 Å². The fraction of sp³-hybridized carbons (Fsp3) is 0.750. The Bertz CT molecular complexity index is 356. The molecule has 0 aromatic carbocycles. The molecule has 3 rings (SSSR count). The van der Waals surface area contributed by atoms with Crippen LogP contribution in [0.1, 0.15) is 25.3 Å². The second kappa shape index (κ2) is 4.09. The minimum atomic E-state index is 0.719. The van der Waals surface area contributed by atoms with Crippen molar-refractivity contribution in [3.63, 3.8) is 0 Å². The quantitative estimate of drug-likeness (QED) is 0.836. The van der Waals surface area contributed by atoms with E-state index in [4.69, 9.17) is 0 Å². The van der Waals surface area contributed by atoms with Crippen LogP contribution in [0, 0.1) is 5.92 Å². The Morgan fingerprint density at radius 2 is 2.31 bits per heavy atom. The maximum atomic E-state index is 4.40. The molecule has 1 aromatic heterocycles. The lowest BCUT2D eigenvalue weighted by molar-refractivity contribution is 0.399. The molecule has 1 aliphatic heterocycles. The molecule has 0 amide bonds. The van der Waals surface area contributed by atoms with Gasteiger partial charge in [-0.3, -0.25) is 0 Å². The minimum absolute atomic E-state index is 0.719. The maximum Gasteiger partial charge on any atom is 0.203 e. The van der Waals surface area contributed by atoms with Gasteiger partial charge in [-0.2, -0.15) is 0 Å². The van der Waals surface area contributed by atoms with Gasteiger partial charge < -0.3 is 14.8 Å². The minimum Gasteiger partial charge on any atom is -0.355 e. The van der Waals surface area contributed by atoms with E-state index in [1.807, 2.05) is 6.20 Å². The molecule has 16 heavy (non-hydrogen) atoms. The summed E-state index contributed by atoms with van der Waals surface area (Å²) in [5, 5.41) is 3.50. The Labute approximate surface area is 96.7 Å². The molecule has 1 atom stereocenters. The Morgan fingerprint density at radius 3 is 3.00 bits per heavy atom. The van der Waals surface area contributed by atoms with E-state index in [2.05, 4.69) is 33.0 Å².